The van der Waals surface area contributed by atoms with Crippen molar-refractivity contribution in [2.45, 2.75) is 106 Å². The summed E-state index contributed by atoms with van der Waals surface area (Å²) in [5.74, 6) is -7.49. The molecule has 2 amide bonds. The van der Waals surface area contributed by atoms with Crippen LogP contribution in [0.4, 0.5) is 5.69 Å². The molecule has 8 rings (SSSR count). The SMILES string of the molecule is CCN1C[C@]2(COC(=O)c3ccccc3N3C(=O)CC(C)C3=O)CCC(OC)C34C1C(O)(C(OC)[C@H]32)[C@@]1(O)CC(OC)[C@H]2C[C@H]4[C@H]1C2OC.O=C(O)CC(O)(CC(=O)O)C(=O)O. The fourth-order valence-corrected chi connectivity index (χ4v) is 13.9. The number of methoxy groups -OCH3 is 4. The van der Waals surface area contributed by atoms with Gasteiger partial charge in [0.2, 0.25) is 11.8 Å². The molecule has 19 heteroatoms. The second kappa shape index (κ2) is 16.2. The van der Waals surface area contributed by atoms with Crippen molar-refractivity contribution in [2.24, 2.45) is 40.4 Å². The number of carbonyl (C=O) groups is 6. The van der Waals surface area contributed by atoms with E-state index in [1.807, 2.05) is 0 Å². The number of anilines is 1. The lowest BCUT2D eigenvalue weighted by Crippen LogP contribution is -2.82. The molecule has 7 bridgehead atoms. The first-order valence-electron chi connectivity index (χ1n) is 21.0. The highest BCUT2D eigenvalue weighted by Crippen LogP contribution is 2.80. The third-order valence-electron chi connectivity index (χ3n) is 15.8. The summed E-state index contributed by atoms with van der Waals surface area (Å²) in [5, 5.41) is 60.4. The minimum absolute atomic E-state index is 0.0358. The van der Waals surface area contributed by atoms with Crippen molar-refractivity contribution < 1.29 is 83.1 Å². The number of carbonyl (C=O) groups excluding carboxylic acids is 3. The minimum atomic E-state index is -2.74. The third-order valence-corrected chi connectivity index (χ3v) is 15.8. The van der Waals surface area contributed by atoms with Gasteiger partial charge in [0.1, 0.15) is 11.2 Å². The molecule has 1 spiro atoms. The maximum Gasteiger partial charge on any atom is 0.340 e. The van der Waals surface area contributed by atoms with Crippen LogP contribution in [0.15, 0.2) is 24.3 Å². The van der Waals surface area contributed by atoms with Gasteiger partial charge in [-0.15, -0.1) is 0 Å². The molecule has 62 heavy (non-hydrogen) atoms. The number of likely N-dealkylation sites (tertiary alicyclic amines) is 1. The number of likely N-dealkylation sites (N-methyl/N-ethyl adjacent to an activating group) is 1. The normalized spacial score (nSPS) is 40.2. The Kier molecular flexibility index (Phi) is 12.0. The van der Waals surface area contributed by atoms with E-state index in [1.54, 1.807) is 59.6 Å². The third kappa shape index (κ3) is 6.28. The van der Waals surface area contributed by atoms with Crippen LogP contribution in [-0.4, -0.2) is 167 Å². The standard InChI is InChI=1S/C37H50N2O10.C6H8O7/c1-7-38-17-34(18-49-32(42)20-10-8-9-11-23(20)39-26(40)14-19(2)31(39)41)13-12-25(46-4)36-22-15-21-24(45-3)16-35(43,27(22)28(21)47-5)37(44,33(36)38)30(48-6)29(34)36;7-3(8)1-6(13,5(11)12)2-4(9)10/h8-11,19,21-22,24-25,27-30,33,43-44H,7,12-18H2,1-6H3;13H,1-2H2,(H,7,8)(H,9,10)(H,11,12)/t19?,21-,22+,24?,25?,27+,28?,29+,30?,33?,34+,35-,36?,37?;/m1./s1. The Hall–Kier alpha value is -4.08. The van der Waals surface area contributed by atoms with E-state index < -0.39 is 82.4 Å². The molecule has 2 heterocycles. The maximum absolute atomic E-state index is 14.1. The number of amides is 2. The molecule has 0 aromatic heterocycles. The number of nitrogens with zero attached hydrogens (tertiary/aromatic N) is 2. The van der Waals surface area contributed by atoms with Gasteiger partial charge in [-0.25, -0.2) is 14.5 Å². The molecule has 2 aliphatic heterocycles. The number of aliphatic carboxylic acids is 3. The lowest BCUT2D eigenvalue weighted by Gasteiger charge is -2.70. The molecule has 7 fully saturated rings. The Morgan fingerprint density at radius 1 is 0.935 bits per heavy atom. The van der Waals surface area contributed by atoms with Crippen LogP contribution < -0.4 is 4.90 Å². The summed E-state index contributed by atoms with van der Waals surface area (Å²) in [5.41, 5.74) is -6.91. The van der Waals surface area contributed by atoms with Gasteiger partial charge in [-0.05, 0) is 43.9 Å². The number of carboxylic acid groups (broad SMARTS) is 3. The maximum atomic E-state index is 14.1. The Labute approximate surface area is 358 Å². The summed E-state index contributed by atoms with van der Waals surface area (Å²) in [7, 11) is 6.70. The van der Waals surface area contributed by atoms with Crippen LogP contribution in [0.1, 0.15) is 69.2 Å². The quantitative estimate of drug-likeness (QED) is 0.111. The zero-order valence-corrected chi connectivity index (χ0v) is 35.7. The Morgan fingerprint density at radius 3 is 2.13 bits per heavy atom. The van der Waals surface area contributed by atoms with Crippen LogP contribution in [0.25, 0.3) is 0 Å². The zero-order valence-electron chi connectivity index (χ0n) is 35.7. The van der Waals surface area contributed by atoms with Crippen molar-refractivity contribution in [1.82, 2.24) is 4.90 Å². The number of rotatable bonds is 14. The number of para-hydroxylation sites is 1. The average Bonchev–Trinajstić information content (AvgIpc) is 3.75. The highest BCUT2D eigenvalue weighted by Gasteiger charge is 2.91. The molecular weight excluding hydrogens is 816 g/mol. The second-order valence-electron chi connectivity index (χ2n) is 18.4. The van der Waals surface area contributed by atoms with E-state index in [2.05, 4.69) is 11.8 Å². The predicted molar refractivity (Wildman–Crippen MR) is 212 cm³/mol. The molecule has 1 aromatic carbocycles. The molecular formula is C43H58N2O17. The van der Waals surface area contributed by atoms with E-state index in [9.17, 15) is 39.0 Å². The summed E-state index contributed by atoms with van der Waals surface area (Å²) < 4.78 is 31.4. The molecule has 1 aromatic rings. The first-order chi connectivity index (χ1) is 29.2. The largest absolute Gasteiger partial charge is 0.481 e. The van der Waals surface area contributed by atoms with Crippen LogP contribution in [0.2, 0.25) is 0 Å². The smallest absolute Gasteiger partial charge is 0.340 e. The number of hydrogen-bond acceptors (Lipinski definition) is 15. The van der Waals surface area contributed by atoms with E-state index in [1.165, 1.54) is 0 Å². The average molecular weight is 875 g/mol. The van der Waals surface area contributed by atoms with Crippen LogP contribution >= 0.6 is 0 Å². The monoisotopic (exact) mass is 874 g/mol. The van der Waals surface area contributed by atoms with Gasteiger partial charge in [-0.2, -0.15) is 0 Å². The lowest BCUT2D eigenvalue weighted by molar-refractivity contribution is -0.320. The predicted octanol–water partition coefficient (Wildman–Crippen LogP) is 0.787. The van der Waals surface area contributed by atoms with Gasteiger partial charge >= 0.3 is 23.9 Å². The van der Waals surface area contributed by atoms with E-state index in [0.717, 1.165) is 11.3 Å². The van der Waals surface area contributed by atoms with E-state index in [0.29, 0.717) is 25.9 Å². The second-order valence-corrected chi connectivity index (χ2v) is 18.4. The fraction of sp³-hybridized carbons (Fsp3) is 0.721. The number of hydrogen-bond donors (Lipinski definition) is 6. The molecule has 5 aliphatic carbocycles. The zero-order chi connectivity index (χ0) is 45.5. The van der Waals surface area contributed by atoms with Gasteiger partial charge in [0, 0.05) is 82.3 Å². The Balaban J connectivity index is 0.000000387. The first kappa shape index (κ1) is 45.9. The molecule has 342 valence electrons. The number of carboxylic acids is 3. The van der Waals surface area contributed by atoms with Crippen molar-refractivity contribution in [3.8, 4) is 0 Å². The molecule has 8 unspecified atom stereocenters. The van der Waals surface area contributed by atoms with E-state index in [-0.39, 0.29) is 84.5 Å². The van der Waals surface area contributed by atoms with Gasteiger partial charge in [-0.1, -0.05) is 26.0 Å². The topological polar surface area (TPSA) is 276 Å². The molecule has 19 nitrogen and oxygen atoms in total. The number of piperidine rings is 1. The Morgan fingerprint density at radius 2 is 1.60 bits per heavy atom. The van der Waals surface area contributed by atoms with Crippen LogP contribution in [-0.2, 0) is 47.7 Å². The van der Waals surface area contributed by atoms with Crippen molar-refractivity contribution in [2.75, 3.05) is 53.0 Å². The molecule has 2 saturated heterocycles. The van der Waals surface area contributed by atoms with Gasteiger partial charge in [0.05, 0.1) is 61.2 Å². The van der Waals surface area contributed by atoms with Gasteiger partial charge in [0.25, 0.3) is 0 Å². The number of aliphatic hydroxyl groups is 3. The molecule has 14 atom stereocenters. The summed E-state index contributed by atoms with van der Waals surface area (Å²) in [6.45, 7) is 4.95. The van der Waals surface area contributed by atoms with Crippen LogP contribution in [0, 0.1) is 40.4 Å². The molecule has 0 radical (unpaired) electrons. The van der Waals surface area contributed by atoms with Gasteiger partial charge in [-0.3, -0.25) is 24.1 Å². The van der Waals surface area contributed by atoms with E-state index >= 15 is 0 Å². The summed E-state index contributed by atoms with van der Waals surface area (Å²) in [4.78, 5) is 73.8. The minimum Gasteiger partial charge on any atom is -0.481 e. The van der Waals surface area contributed by atoms with Crippen LogP contribution in [0.5, 0.6) is 0 Å². The fourth-order valence-electron chi connectivity index (χ4n) is 13.9. The highest BCUT2D eigenvalue weighted by atomic mass is 16.5. The van der Waals surface area contributed by atoms with Crippen LogP contribution in [0.3, 0.4) is 0 Å². The Bertz CT molecular complexity index is 1980. The van der Waals surface area contributed by atoms with Gasteiger partial charge in [0.15, 0.2) is 5.60 Å². The lowest BCUT2D eigenvalue weighted by atomic mass is 9.42. The molecule has 7 aliphatic rings. The first-order valence-corrected chi connectivity index (χ1v) is 21.0. The van der Waals surface area contributed by atoms with Crippen molar-refractivity contribution in [3.05, 3.63) is 29.8 Å². The van der Waals surface area contributed by atoms with Crippen molar-refractivity contribution in [1.29, 1.82) is 0 Å². The number of fused-ring (bicyclic) bond motifs is 2. The summed E-state index contributed by atoms with van der Waals surface area (Å²) in [6, 6.07) is 6.12. The molecule has 6 N–H and O–H groups in total. The number of imide groups is 1. The van der Waals surface area contributed by atoms with Crippen molar-refractivity contribution in [3.63, 3.8) is 0 Å². The summed E-state index contributed by atoms with van der Waals surface area (Å²) in [6.07, 6.45) is -1.48. The van der Waals surface area contributed by atoms with E-state index in [4.69, 9.17) is 44.1 Å². The van der Waals surface area contributed by atoms with Gasteiger partial charge < -0.3 is 54.3 Å². The number of benzene rings is 1. The summed E-state index contributed by atoms with van der Waals surface area (Å²) >= 11 is 0. The number of ether oxygens (including phenoxy) is 5. The molecule has 5 saturated carbocycles. The van der Waals surface area contributed by atoms with Crippen molar-refractivity contribution >= 4 is 41.4 Å². The highest BCUT2D eigenvalue weighted by molar-refractivity contribution is 6.22. The number of esters is 1.